The topological polar surface area (TPSA) is 58.9 Å². The number of fused-ring (bicyclic) bond motifs is 6. The quantitative estimate of drug-likeness (QED) is 0.129. The molecule has 0 aliphatic heterocycles. The Morgan fingerprint density at radius 1 is 0.310 bits per heavy atom. The van der Waals surface area contributed by atoms with Crippen molar-refractivity contribution < 1.29 is 19.7 Å². The third-order valence-electron chi connectivity index (χ3n) is 12.2. The van der Waals surface area contributed by atoms with E-state index in [4.69, 9.17) is 9.47 Å². The Morgan fingerprint density at radius 3 is 0.862 bits per heavy atom. The van der Waals surface area contributed by atoms with E-state index in [1.54, 1.807) is 24.3 Å². The van der Waals surface area contributed by atoms with Gasteiger partial charge in [-0.15, -0.1) is 0 Å². The van der Waals surface area contributed by atoms with Gasteiger partial charge < -0.3 is 19.7 Å². The van der Waals surface area contributed by atoms with Gasteiger partial charge in [0.25, 0.3) is 0 Å². The molecule has 2 aliphatic rings. The van der Waals surface area contributed by atoms with Crippen molar-refractivity contribution >= 4 is 0 Å². The SMILES string of the molecule is Oc1ccc(C2(c3ccc(OCCCCOc4ccc(C5(c6ccc(O)cc6)c6ccccc6-c6ccccc65)cc4)cc3)c3ccccc3-c3ccccc32)cc1. The van der Waals surface area contributed by atoms with Crippen LogP contribution >= 0.6 is 0 Å². The van der Waals surface area contributed by atoms with E-state index in [-0.39, 0.29) is 11.5 Å². The van der Waals surface area contributed by atoms with Crippen LogP contribution in [0.3, 0.4) is 0 Å². The minimum atomic E-state index is -0.521. The average Bonchev–Trinajstić information content (AvgIpc) is 3.75. The lowest BCUT2D eigenvalue weighted by atomic mass is 9.68. The fourth-order valence-corrected chi connectivity index (χ4v) is 9.66. The highest BCUT2D eigenvalue weighted by Gasteiger charge is 2.47. The molecule has 2 N–H and O–H groups in total. The smallest absolute Gasteiger partial charge is 0.119 e. The lowest BCUT2D eigenvalue weighted by Gasteiger charge is -2.34. The Bertz CT molecular complexity index is 2450. The highest BCUT2D eigenvalue weighted by atomic mass is 16.5. The van der Waals surface area contributed by atoms with Gasteiger partial charge in [0.05, 0.1) is 24.0 Å². The zero-order chi connectivity index (χ0) is 39.1. The highest BCUT2D eigenvalue weighted by Crippen LogP contribution is 2.57. The molecule has 4 heteroatoms. The van der Waals surface area contributed by atoms with E-state index >= 15 is 0 Å². The maximum absolute atomic E-state index is 10.2. The molecule has 0 aromatic heterocycles. The van der Waals surface area contributed by atoms with Gasteiger partial charge in [0, 0.05) is 0 Å². The van der Waals surface area contributed by atoms with Crippen molar-refractivity contribution in [1.29, 1.82) is 0 Å². The summed E-state index contributed by atoms with van der Waals surface area (Å²) in [6.45, 7) is 1.18. The summed E-state index contributed by atoms with van der Waals surface area (Å²) in [5.41, 5.74) is 13.3. The molecule has 282 valence electrons. The van der Waals surface area contributed by atoms with E-state index in [9.17, 15) is 10.2 Å². The average molecular weight is 755 g/mol. The van der Waals surface area contributed by atoms with Crippen molar-refractivity contribution in [2.75, 3.05) is 13.2 Å². The zero-order valence-corrected chi connectivity index (χ0v) is 32.0. The Kier molecular flexibility index (Phi) is 8.83. The molecule has 0 saturated heterocycles. The van der Waals surface area contributed by atoms with E-state index < -0.39 is 10.8 Å². The van der Waals surface area contributed by atoms with Gasteiger partial charge in [0.1, 0.15) is 23.0 Å². The van der Waals surface area contributed by atoms with Crippen LogP contribution in [-0.4, -0.2) is 23.4 Å². The second kappa shape index (κ2) is 14.5. The van der Waals surface area contributed by atoms with Gasteiger partial charge in [-0.2, -0.15) is 0 Å². The molecular weight excluding hydrogens is 713 g/mol. The predicted molar refractivity (Wildman–Crippen MR) is 231 cm³/mol. The number of rotatable bonds is 11. The van der Waals surface area contributed by atoms with Gasteiger partial charge in [-0.25, -0.2) is 0 Å². The van der Waals surface area contributed by atoms with Crippen LogP contribution < -0.4 is 9.47 Å². The molecule has 0 saturated carbocycles. The summed E-state index contributed by atoms with van der Waals surface area (Å²) in [4.78, 5) is 0. The Balaban J connectivity index is 0.822. The molecule has 0 amide bonds. The van der Waals surface area contributed by atoms with Crippen molar-refractivity contribution in [2.45, 2.75) is 23.7 Å². The lowest BCUT2D eigenvalue weighted by molar-refractivity contribution is 0.266. The van der Waals surface area contributed by atoms with Crippen LogP contribution in [0.15, 0.2) is 194 Å². The number of hydrogen-bond donors (Lipinski definition) is 2. The maximum Gasteiger partial charge on any atom is 0.119 e. The number of benzene rings is 8. The minimum absolute atomic E-state index is 0.253. The van der Waals surface area contributed by atoms with E-state index in [0.29, 0.717) is 13.2 Å². The van der Waals surface area contributed by atoms with Crippen LogP contribution in [0, 0.1) is 0 Å². The molecule has 58 heavy (non-hydrogen) atoms. The summed E-state index contributed by atoms with van der Waals surface area (Å²) in [5.74, 6) is 2.17. The largest absolute Gasteiger partial charge is 0.508 e. The van der Waals surface area contributed by atoms with Gasteiger partial charge in [-0.3, -0.25) is 0 Å². The molecule has 8 aromatic rings. The first-order chi connectivity index (χ1) is 28.6. The summed E-state index contributed by atoms with van der Waals surface area (Å²) in [5, 5.41) is 20.4. The fourth-order valence-electron chi connectivity index (χ4n) is 9.66. The van der Waals surface area contributed by atoms with Crippen LogP contribution in [0.5, 0.6) is 23.0 Å². The van der Waals surface area contributed by atoms with Gasteiger partial charge >= 0.3 is 0 Å². The normalized spacial score (nSPS) is 13.9. The highest BCUT2D eigenvalue weighted by molar-refractivity contribution is 5.87. The standard InChI is InChI=1S/C54H42O4/c55-41-27-19-37(20-28-41)53(49-15-5-1-11-45(49)46-12-2-6-16-50(46)53)39-23-31-43(32-24-39)57-35-9-10-36-58-44-33-25-40(26-34-44)54(38-21-29-42(56)30-22-38)51-17-7-3-13-47(51)48-14-4-8-18-52(48)54/h1-8,11-34,55-56H,9-10,35-36H2. The molecule has 4 nitrogen and oxygen atoms in total. The summed E-state index contributed by atoms with van der Waals surface area (Å²) in [6, 6.07) is 66.9. The molecule has 0 atom stereocenters. The van der Waals surface area contributed by atoms with E-state index in [1.165, 1.54) is 44.5 Å². The van der Waals surface area contributed by atoms with Crippen LogP contribution in [0.25, 0.3) is 22.3 Å². The van der Waals surface area contributed by atoms with Gasteiger partial charge in [0.2, 0.25) is 0 Å². The Hall–Kier alpha value is -7.04. The van der Waals surface area contributed by atoms with Crippen molar-refractivity contribution in [2.24, 2.45) is 0 Å². The maximum atomic E-state index is 10.2. The molecule has 10 rings (SSSR count). The summed E-state index contributed by atoms with van der Waals surface area (Å²) in [6.07, 6.45) is 1.71. The second-order valence-corrected chi connectivity index (χ2v) is 15.2. The van der Waals surface area contributed by atoms with E-state index in [2.05, 4.69) is 146 Å². The molecule has 0 fully saturated rings. The number of unbranched alkanes of at least 4 members (excludes halogenated alkanes) is 1. The molecule has 0 spiro atoms. The molecule has 2 aliphatic carbocycles. The number of aromatic hydroxyl groups is 2. The third kappa shape index (κ3) is 5.59. The van der Waals surface area contributed by atoms with Crippen LogP contribution in [-0.2, 0) is 10.8 Å². The third-order valence-corrected chi connectivity index (χ3v) is 12.2. The summed E-state index contributed by atoms with van der Waals surface area (Å²) >= 11 is 0. The van der Waals surface area contributed by atoms with Crippen molar-refractivity contribution in [1.82, 2.24) is 0 Å². The van der Waals surface area contributed by atoms with Crippen LogP contribution in [0.1, 0.15) is 57.3 Å². The second-order valence-electron chi connectivity index (χ2n) is 15.2. The monoisotopic (exact) mass is 754 g/mol. The van der Waals surface area contributed by atoms with E-state index in [0.717, 1.165) is 46.6 Å². The molecule has 0 radical (unpaired) electrons. The Labute approximate surface area is 339 Å². The Morgan fingerprint density at radius 2 is 0.569 bits per heavy atom. The molecule has 0 heterocycles. The molecule has 8 aromatic carbocycles. The fraction of sp³-hybridized carbons (Fsp3) is 0.111. The van der Waals surface area contributed by atoms with Crippen molar-refractivity contribution in [3.8, 4) is 45.3 Å². The zero-order valence-electron chi connectivity index (χ0n) is 32.0. The minimum Gasteiger partial charge on any atom is -0.508 e. The first kappa shape index (κ1) is 35.4. The van der Waals surface area contributed by atoms with E-state index in [1.807, 2.05) is 24.3 Å². The number of phenolic OH excluding ortho intramolecular Hbond substituents is 2. The first-order valence-corrected chi connectivity index (χ1v) is 20.0. The van der Waals surface area contributed by atoms with Gasteiger partial charge in [0.15, 0.2) is 0 Å². The van der Waals surface area contributed by atoms with Gasteiger partial charge in [-0.1, -0.05) is 146 Å². The van der Waals surface area contributed by atoms with Gasteiger partial charge in [-0.05, 0) is 128 Å². The molecule has 0 bridgehead atoms. The number of ether oxygens (including phenoxy) is 2. The van der Waals surface area contributed by atoms with Crippen molar-refractivity contribution in [3.05, 3.63) is 239 Å². The summed E-state index contributed by atoms with van der Waals surface area (Å²) < 4.78 is 12.5. The number of hydrogen-bond acceptors (Lipinski definition) is 4. The molecule has 0 unspecified atom stereocenters. The first-order valence-electron chi connectivity index (χ1n) is 20.0. The number of phenols is 2. The lowest BCUT2D eigenvalue weighted by Crippen LogP contribution is -2.28. The van der Waals surface area contributed by atoms with Crippen LogP contribution in [0.2, 0.25) is 0 Å². The van der Waals surface area contributed by atoms with Crippen LogP contribution in [0.4, 0.5) is 0 Å². The predicted octanol–water partition coefficient (Wildman–Crippen LogP) is 12.1. The summed E-state index contributed by atoms with van der Waals surface area (Å²) in [7, 11) is 0. The van der Waals surface area contributed by atoms with Crippen molar-refractivity contribution in [3.63, 3.8) is 0 Å². The molecular formula is C54H42O4.